The summed E-state index contributed by atoms with van der Waals surface area (Å²) in [5.74, 6) is -2.56. The molecule has 0 spiro atoms. The average Bonchev–Trinajstić information content (AvgIpc) is 2.72. The number of hydrogen-bond donors (Lipinski definition) is 2. The van der Waals surface area contributed by atoms with E-state index in [1.807, 2.05) is 13.8 Å². The van der Waals surface area contributed by atoms with Crippen LogP contribution in [-0.2, 0) is 4.79 Å². The summed E-state index contributed by atoms with van der Waals surface area (Å²) in [6.07, 6.45) is -0.395. The maximum atomic E-state index is 13.0. The van der Waals surface area contributed by atoms with Crippen molar-refractivity contribution in [1.29, 1.82) is 0 Å². The first-order chi connectivity index (χ1) is 9.35. The third-order valence-electron chi connectivity index (χ3n) is 2.92. The van der Waals surface area contributed by atoms with Gasteiger partial charge in [-0.1, -0.05) is 0 Å². The van der Waals surface area contributed by atoms with Crippen LogP contribution in [0.25, 0.3) is 0 Å². The highest BCUT2D eigenvalue weighted by molar-refractivity contribution is 5.95. The first-order valence-corrected chi connectivity index (χ1v) is 6.54. The molecule has 0 saturated carbocycles. The van der Waals surface area contributed by atoms with Crippen molar-refractivity contribution < 1.29 is 18.3 Å². The number of rotatable bonds is 4. The molecular formula is C14H19ClF2N2O2. The van der Waals surface area contributed by atoms with E-state index >= 15 is 0 Å². The zero-order valence-corrected chi connectivity index (χ0v) is 12.7. The van der Waals surface area contributed by atoms with Crippen LogP contribution < -0.4 is 15.4 Å². The lowest BCUT2D eigenvalue weighted by Crippen LogP contribution is -2.35. The Kier molecular flexibility index (Phi) is 5.92. The second-order valence-electron chi connectivity index (χ2n) is 5.17. The Bertz CT molecular complexity index is 480. The second kappa shape index (κ2) is 7.04. The molecule has 7 heteroatoms. The van der Waals surface area contributed by atoms with Gasteiger partial charge in [0.25, 0.3) is 5.92 Å². The molecular weight excluding hydrogens is 302 g/mol. The molecule has 0 radical (unpaired) electrons. The van der Waals surface area contributed by atoms with Crippen molar-refractivity contribution >= 4 is 24.0 Å². The van der Waals surface area contributed by atoms with Gasteiger partial charge in [-0.3, -0.25) is 10.1 Å². The molecule has 4 nitrogen and oxygen atoms in total. The van der Waals surface area contributed by atoms with E-state index < -0.39 is 30.8 Å². The molecule has 1 aliphatic heterocycles. The van der Waals surface area contributed by atoms with E-state index in [9.17, 15) is 13.6 Å². The molecule has 1 amide bonds. The third kappa shape index (κ3) is 5.13. The van der Waals surface area contributed by atoms with Gasteiger partial charge in [-0.15, -0.1) is 12.4 Å². The minimum atomic E-state index is -2.81. The lowest BCUT2D eigenvalue weighted by atomic mass is 10.2. The van der Waals surface area contributed by atoms with E-state index in [0.717, 1.165) is 0 Å². The molecule has 1 unspecified atom stereocenters. The topological polar surface area (TPSA) is 50.4 Å². The Labute approximate surface area is 128 Å². The maximum Gasteiger partial charge on any atom is 0.262 e. The molecule has 0 bridgehead atoms. The number of halogens is 3. The van der Waals surface area contributed by atoms with Crippen molar-refractivity contribution in [2.24, 2.45) is 0 Å². The molecule has 1 atom stereocenters. The van der Waals surface area contributed by atoms with Gasteiger partial charge in [-0.25, -0.2) is 8.78 Å². The van der Waals surface area contributed by atoms with Crippen LogP contribution in [0.3, 0.4) is 0 Å². The molecule has 1 aliphatic rings. The molecule has 1 heterocycles. The monoisotopic (exact) mass is 320 g/mol. The molecule has 118 valence electrons. The van der Waals surface area contributed by atoms with Crippen molar-refractivity contribution in [2.45, 2.75) is 38.3 Å². The predicted octanol–water partition coefficient (Wildman–Crippen LogP) is 2.83. The summed E-state index contributed by atoms with van der Waals surface area (Å²) in [4.78, 5) is 11.8. The molecule has 1 saturated heterocycles. The summed E-state index contributed by atoms with van der Waals surface area (Å²) < 4.78 is 31.5. The number of ether oxygens (including phenoxy) is 1. The predicted molar refractivity (Wildman–Crippen MR) is 79.4 cm³/mol. The fourth-order valence-corrected chi connectivity index (χ4v) is 2.02. The summed E-state index contributed by atoms with van der Waals surface area (Å²) >= 11 is 0. The second-order valence-corrected chi connectivity index (χ2v) is 5.17. The summed E-state index contributed by atoms with van der Waals surface area (Å²) in [6, 6.07) is 5.97. The Morgan fingerprint density at radius 3 is 2.48 bits per heavy atom. The van der Waals surface area contributed by atoms with Crippen molar-refractivity contribution in [3.63, 3.8) is 0 Å². The smallest absolute Gasteiger partial charge is 0.262 e. The number of hydrogen-bond acceptors (Lipinski definition) is 3. The highest BCUT2D eigenvalue weighted by Gasteiger charge is 2.42. The van der Waals surface area contributed by atoms with E-state index in [1.165, 1.54) is 0 Å². The van der Waals surface area contributed by atoms with Crippen LogP contribution in [0, 0.1) is 0 Å². The minimum absolute atomic E-state index is 0. The van der Waals surface area contributed by atoms with E-state index in [1.54, 1.807) is 24.3 Å². The van der Waals surface area contributed by atoms with Gasteiger partial charge in [-0.05, 0) is 38.1 Å². The Morgan fingerprint density at radius 2 is 2.00 bits per heavy atom. The molecule has 2 N–H and O–H groups in total. The van der Waals surface area contributed by atoms with Crippen molar-refractivity contribution in [2.75, 3.05) is 11.9 Å². The van der Waals surface area contributed by atoms with Crippen LogP contribution in [0.15, 0.2) is 24.3 Å². The Balaban J connectivity index is 0.00000220. The number of carbonyl (C=O) groups excluding carboxylic acids is 1. The molecule has 0 aromatic heterocycles. The van der Waals surface area contributed by atoms with Gasteiger partial charge in [0.05, 0.1) is 18.7 Å². The van der Waals surface area contributed by atoms with Crippen LogP contribution in [-0.4, -0.2) is 30.5 Å². The normalized spacial score (nSPS) is 20.0. The van der Waals surface area contributed by atoms with Crippen LogP contribution in [0.4, 0.5) is 14.5 Å². The highest BCUT2D eigenvalue weighted by atomic mass is 35.5. The maximum absolute atomic E-state index is 13.0. The number of benzene rings is 1. The molecule has 1 aromatic rings. The van der Waals surface area contributed by atoms with Gasteiger partial charge in [0.2, 0.25) is 5.91 Å². The van der Waals surface area contributed by atoms with Crippen molar-refractivity contribution in [3.8, 4) is 5.75 Å². The van der Waals surface area contributed by atoms with Gasteiger partial charge in [0, 0.05) is 12.1 Å². The average molecular weight is 321 g/mol. The van der Waals surface area contributed by atoms with Gasteiger partial charge >= 0.3 is 0 Å². The standard InChI is InChI=1S/C14H18F2N2O2.ClH/c1-9(2)20-11-5-3-10(4-6-11)18-13(19)12-7-14(15,16)8-17-12;/h3-6,9,12,17H,7-8H2,1-2H3,(H,18,19);1H. The molecule has 2 rings (SSSR count). The molecule has 0 aliphatic carbocycles. The summed E-state index contributed by atoms with van der Waals surface area (Å²) in [5, 5.41) is 5.13. The fraction of sp³-hybridized carbons (Fsp3) is 0.500. The number of alkyl halides is 2. The van der Waals surface area contributed by atoms with Gasteiger partial charge in [0.15, 0.2) is 0 Å². The lowest BCUT2D eigenvalue weighted by molar-refractivity contribution is -0.118. The first-order valence-electron chi connectivity index (χ1n) is 6.54. The fourth-order valence-electron chi connectivity index (χ4n) is 2.02. The number of nitrogens with one attached hydrogen (secondary N) is 2. The van der Waals surface area contributed by atoms with Gasteiger partial charge in [-0.2, -0.15) is 0 Å². The lowest BCUT2D eigenvalue weighted by Gasteiger charge is -2.13. The molecule has 1 aromatic carbocycles. The largest absolute Gasteiger partial charge is 0.491 e. The number of amides is 1. The quantitative estimate of drug-likeness (QED) is 0.897. The van der Waals surface area contributed by atoms with Gasteiger partial charge in [0.1, 0.15) is 5.75 Å². The van der Waals surface area contributed by atoms with Crippen LogP contribution in [0.1, 0.15) is 20.3 Å². The van der Waals surface area contributed by atoms with E-state index in [0.29, 0.717) is 11.4 Å². The Morgan fingerprint density at radius 1 is 1.38 bits per heavy atom. The van der Waals surface area contributed by atoms with Crippen LogP contribution in [0.5, 0.6) is 5.75 Å². The third-order valence-corrected chi connectivity index (χ3v) is 2.92. The number of anilines is 1. The van der Waals surface area contributed by atoms with E-state index in [2.05, 4.69) is 10.6 Å². The SMILES string of the molecule is CC(C)Oc1ccc(NC(=O)C2CC(F)(F)CN2)cc1.Cl. The summed E-state index contributed by atoms with van der Waals surface area (Å²) in [5.41, 5.74) is 0.558. The molecule has 21 heavy (non-hydrogen) atoms. The van der Waals surface area contributed by atoms with Crippen molar-refractivity contribution in [3.05, 3.63) is 24.3 Å². The van der Waals surface area contributed by atoms with Gasteiger partial charge < -0.3 is 10.1 Å². The summed E-state index contributed by atoms with van der Waals surface area (Å²) in [6.45, 7) is 3.38. The van der Waals surface area contributed by atoms with Crippen LogP contribution >= 0.6 is 12.4 Å². The summed E-state index contributed by atoms with van der Waals surface area (Å²) in [7, 11) is 0. The minimum Gasteiger partial charge on any atom is -0.491 e. The van der Waals surface area contributed by atoms with E-state index in [4.69, 9.17) is 4.74 Å². The van der Waals surface area contributed by atoms with Crippen molar-refractivity contribution in [1.82, 2.24) is 5.32 Å². The molecule has 1 fully saturated rings. The zero-order chi connectivity index (χ0) is 14.8. The van der Waals surface area contributed by atoms with Crippen LogP contribution in [0.2, 0.25) is 0 Å². The number of carbonyl (C=O) groups is 1. The zero-order valence-electron chi connectivity index (χ0n) is 11.9. The first kappa shape index (κ1) is 17.7. The highest BCUT2D eigenvalue weighted by Crippen LogP contribution is 2.26. The van der Waals surface area contributed by atoms with E-state index in [-0.39, 0.29) is 18.5 Å². The Hall–Kier alpha value is -1.40.